The number of hydrogen-bond donors (Lipinski definition) is 6. The Bertz CT molecular complexity index is 1560. The van der Waals surface area contributed by atoms with Gasteiger partial charge in [-0.05, 0) is 49.9 Å². The van der Waals surface area contributed by atoms with Crippen LogP contribution in [-0.4, -0.2) is 35.2 Å². The number of rotatable bonds is 17. The number of carboxylic acids is 1. The van der Waals surface area contributed by atoms with Crippen molar-refractivity contribution in [1.82, 2.24) is 5.32 Å². The molecule has 0 aliphatic rings. The van der Waals surface area contributed by atoms with E-state index in [1.165, 1.54) is 0 Å². The van der Waals surface area contributed by atoms with Gasteiger partial charge in [-0.2, -0.15) is 0 Å². The van der Waals surface area contributed by atoms with Crippen molar-refractivity contribution in [1.29, 1.82) is 0 Å². The van der Waals surface area contributed by atoms with Gasteiger partial charge in [-0.15, -0.1) is 0 Å². The summed E-state index contributed by atoms with van der Waals surface area (Å²) in [6.07, 6.45) is 8.43. The van der Waals surface area contributed by atoms with Crippen molar-refractivity contribution < 1.29 is 24.3 Å². The molecule has 0 bridgehead atoms. The molecule has 0 aromatic heterocycles. The molecule has 0 spiro atoms. The van der Waals surface area contributed by atoms with Gasteiger partial charge in [-0.1, -0.05) is 111 Å². The molecule has 50 heavy (non-hydrogen) atoms. The second-order valence-electron chi connectivity index (χ2n) is 11.6. The molecule has 0 atom stereocenters. The molecule has 0 saturated heterocycles. The maximum atomic E-state index is 11.9. The minimum atomic E-state index is -0.745. The Morgan fingerprint density at radius 2 is 0.880 bits per heavy atom. The van der Waals surface area contributed by atoms with Gasteiger partial charge in [0, 0.05) is 36.9 Å². The van der Waals surface area contributed by atoms with E-state index in [1.807, 2.05) is 84.9 Å². The predicted molar refractivity (Wildman–Crippen MR) is 203 cm³/mol. The number of para-hydroxylation sites is 4. The number of hydrogen-bond acceptors (Lipinski definition) is 7. The number of Topliss-reactive ketones (excluding diaryl/α,β-unsaturated/α-hetero) is 2. The number of carbonyl (C=O) groups excluding carboxylic acids is 3. The first-order valence-electron chi connectivity index (χ1n) is 17.0. The molecule has 0 radical (unpaired) electrons. The van der Waals surface area contributed by atoms with Crippen LogP contribution in [0.3, 0.4) is 0 Å². The SMILES string of the molecule is Nc1ccccc1N.Nc1ccccc1NC(=O)NCCCCCCC(=O)c1ccccc1.O=C(O)CCCCCCC(=O)c1ccccc1. The lowest BCUT2D eigenvalue weighted by Crippen LogP contribution is -2.29. The number of unbranched alkanes of at least 4 members (excludes halogenated alkanes) is 6. The smallest absolute Gasteiger partial charge is 0.319 e. The molecule has 4 rings (SSSR count). The van der Waals surface area contributed by atoms with Gasteiger partial charge in [0.2, 0.25) is 0 Å². The molecule has 10 nitrogen and oxygen atoms in total. The predicted octanol–water partition coefficient (Wildman–Crippen LogP) is 8.37. The average Bonchev–Trinajstić information content (AvgIpc) is 3.12. The van der Waals surface area contributed by atoms with Gasteiger partial charge in [0.15, 0.2) is 11.6 Å². The highest BCUT2D eigenvalue weighted by molar-refractivity contribution is 5.96. The van der Waals surface area contributed by atoms with E-state index in [0.717, 1.165) is 56.1 Å². The van der Waals surface area contributed by atoms with Gasteiger partial charge in [0.05, 0.1) is 22.7 Å². The van der Waals surface area contributed by atoms with Crippen molar-refractivity contribution >= 4 is 46.3 Å². The molecule has 0 fully saturated rings. The molecule has 9 N–H and O–H groups in total. The summed E-state index contributed by atoms with van der Waals surface area (Å²) in [5, 5.41) is 14.0. The van der Waals surface area contributed by atoms with Crippen molar-refractivity contribution in [2.75, 3.05) is 29.1 Å². The fourth-order valence-electron chi connectivity index (χ4n) is 4.71. The minimum Gasteiger partial charge on any atom is -0.481 e. The number of nitrogens with one attached hydrogen (secondary N) is 2. The van der Waals surface area contributed by atoms with E-state index in [2.05, 4.69) is 10.6 Å². The molecule has 0 saturated carbocycles. The zero-order chi connectivity index (χ0) is 36.4. The Hall–Kier alpha value is -5.64. The van der Waals surface area contributed by atoms with Crippen LogP contribution < -0.4 is 27.8 Å². The summed E-state index contributed by atoms with van der Waals surface area (Å²) in [5.41, 5.74) is 20.5. The highest BCUT2D eigenvalue weighted by Crippen LogP contribution is 2.16. The van der Waals surface area contributed by atoms with Gasteiger partial charge in [0.25, 0.3) is 0 Å². The monoisotopic (exact) mass is 681 g/mol. The van der Waals surface area contributed by atoms with Crippen LogP contribution in [0.15, 0.2) is 109 Å². The second-order valence-corrected chi connectivity index (χ2v) is 11.6. The summed E-state index contributed by atoms with van der Waals surface area (Å²) in [7, 11) is 0. The molecule has 0 unspecified atom stereocenters. The number of benzene rings is 4. The topological polar surface area (TPSA) is 191 Å². The third-order valence-electron chi connectivity index (χ3n) is 7.56. The fourth-order valence-corrected chi connectivity index (χ4v) is 4.71. The van der Waals surface area contributed by atoms with Crippen molar-refractivity contribution in [2.45, 2.75) is 70.6 Å². The summed E-state index contributed by atoms with van der Waals surface area (Å²) in [6, 6.07) is 32.8. The standard InChI is InChI=1S/C20H25N3O2.C14H18O3.C6H8N2/c21-17-12-7-8-13-18(17)23-20(25)22-15-9-2-1-6-14-19(24)16-10-4-3-5-11-16;15-13(12-8-4-3-5-9-12)10-6-1-2-7-11-14(16)17;7-5-3-1-2-4-6(5)8/h3-5,7-8,10-13H,1-2,6,9,14-15,21H2,(H2,22,23,25);3-5,8-9H,1-2,6-7,10-11H2,(H,16,17);1-4H,7-8H2. The van der Waals surface area contributed by atoms with Gasteiger partial charge < -0.3 is 32.9 Å². The van der Waals surface area contributed by atoms with Crippen molar-refractivity contribution in [2.24, 2.45) is 0 Å². The first kappa shape index (κ1) is 40.5. The number of nitrogen functional groups attached to an aromatic ring is 3. The third-order valence-corrected chi connectivity index (χ3v) is 7.56. The van der Waals surface area contributed by atoms with Crippen LogP contribution in [0.25, 0.3) is 0 Å². The number of amides is 2. The van der Waals surface area contributed by atoms with E-state index < -0.39 is 5.97 Å². The van der Waals surface area contributed by atoms with Gasteiger partial charge >= 0.3 is 12.0 Å². The van der Waals surface area contributed by atoms with E-state index in [-0.39, 0.29) is 24.0 Å². The highest BCUT2D eigenvalue weighted by atomic mass is 16.4. The summed E-state index contributed by atoms with van der Waals surface area (Å²) in [6.45, 7) is 0.602. The number of ketones is 2. The molecule has 2 amide bonds. The zero-order valence-corrected chi connectivity index (χ0v) is 28.7. The van der Waals surface area contributed by atoms with Crippen LogP contribution in [0.4, 0.5) is 27.5 Å². The molecular formula is C40H51N5O5. The van der Waals surface area contributed by atoms with E-state index >= 15 is 0 Å². The summed E-state index contributed by atoms with van der Waals surface area (Å²) in [5.74, 6) is -0.382. The van der Waals surface area contributed by atoms with Crippen LogP contribution in [0.2, 0.25) is 0 Å². The number of nitrogens with two attached hydrogens (primary N) is 3. The maximum absolute atomic E-state index is 11.9. The summed E-state index contributed by atoms with van der Waals surface area (Å²) < 4.78 is 0. The molecule has 266 valence electrons. The second kappa shape index (κ2) is 24.5. The Balaban J connectivity index is 0.000000297. The lowest BCUT2D eigenvalue weighted by Gasteiger charge is -2.09. The van der Waals surface area contributed by atoms with E-state index in [1.54, 1.807) is 24.3 Å². The van der Waals surface area contributed by atoms with E-state index in [9.17, 15) is 19.2 Å². The third kappa shape index (κ3) is 18.1. The van der Waals surface area contributed by atoms with Crippen LogP contribution in [-0.2, 0) is 4.79 Å². The number of carboxylic acid groups (broad SMARTS) is 1. The quantitative estimate of drug-likeness (QED) is 0.0364. The molecule has 4 aromatic carbocycles. The maximum Gasteiger partial charge on any atom is 0.319 e. The first-order chi connectivity index (χ1) is 24.2. The summed E-state index contributed by atoms with van der Waals surface area (Å²) >= 11 is 0. The molecular weight excluding hydrogens is 630 g/mol. The minimum absolute atomic E-state index is 0.170. The van der Waals surface area contributed by atoms with Crippen LogP contribution >= 0.6 is 0 Å². The van der Waals surface area contributed by atoms with Crippen LogP contribution in [0, 0.1) is 0 Å². The fraction of sp³-hybridized carbons (Fsp3) is 0.300. The van der Waals surface area contributed by atoms with E-state index in [0.29, 0.717) is 48.6 Å². The van der Waals surface area contributed by atoms with Gasteiger partial charge in [0.1, 0.15) is 0 Å². The molecule has 0 aliphatic carbocycles. The normalized spacial score (nSPS) is 10.0. The number of urea groups is 1. The van der Waals surface area contributed by atoms with E-state index in [4.69, 9.17) is 22.3 Å². The van der Waals surface area contributed by atoms with Gasteiger partial charge in [-0.3, -0.25) is 14.4 Å². The van der Waals surface area contributed by atoms with Crippen molar-refractivity contribution in [3.05, 3.63) is 120 Å². The molecule has 4 aromatic rings. The van der Waals surface area contributed by atoms with Crippen LogP contribution in [0.1, 0.15) is 91.3 Å². The molecule has 0 aliphatic heterocycles. The Kier molecular flexibility index (Phi) is 19.9. The Labute approximate surface area is 295 Å². The lowest BCUT2D eigenvalue weighted by atomic mass is 10.0. The average molecular weight is 682 g/mol. The largest absolute Gasteiger partial charge is 0.481 e. The zero-order valence-electron chi connectivity index (χ0n) is 28.7. The summed E-state index contributed by atoms with van der Waals surface area (Å²) in [4.78, 5) is 45.7. The van der Waals surface area contributed by atoms with Gasteiger partial charge in [-0.25, -0.2) is 4.79 Å². The van der Waals surface area contributed by atoms with Crippen molar-refractivity contribution in [3.63, 3.8) is 0 Å². The highest BCUT2D eigenvalue weighted by Gasteiger charge is 2.06. The molecule has 0 heterocycles. The Morgan fingerprint density at radius 1 is 0.480 bits per heavy atom. The number of carbonyl (C=O) groups is 4. The van der Waals surface area contributed by atoms with Crippen LogP contribution in [0.5, 0.6) is 0 Å². The first-order valence-corrected chi connectivity index (χ1v) is 17.0. The molecule has 10 heteroatoms. The van der Waals surface area contributed by atoms with Crippen molar-refractivity contribution in [3.8, 4) is 0 Å². The number of aliphatic carboxylic acids is 1. The Morgan fingerprint density at radius 3 is 1.32 bits per heavy atom. The lowest BCUT2D eigenvalue weighted by molar-refractivity contribution is -0.137. The number of anilines is 4.